The minimum absolute atomic E-state index is 0.167. The first kappa shape index (κ1) is 27.2. The predicted molar refractivity (Wildman–Crippen MR) is 151 cm³/mol. The van der Waals surface area contributed by atoms with Crippen LogP contribution in [0.2, 0.25) is 0 Å². The number of rotatable bonds is 5. The Morgan fingerprint density at radius 2 is 1.89 bits per heavy atom. The van der Waals surface area contributed by atoms with Crippen LogP contribution in [-0.4, -0.2) is 54.5 Å². The van der Waals surface area contributed by atoms with Crippen molar-refractivity contribution in [2.24, 2.45) is 17.3 Å². The Hall–Kier alpha value is -2.39. The van der Waals surface area contributed by atoms with Crippen molar-refractivity contribution in [3.8, 4) is 11.8 Å². The van der Waals surface area contributed by atoms with Gasteiger partial charge in [0, 0.05) is 44.1 Å². The second kappa shape index (κ2) is 9.97. The maximum absolute atomic E-state index is 12.3. The smallest absolute Gasteiger partial charge is 0.156 e. The summed E-state index contributed by atoms with van der Waals surface area (Å²) in [5.74, 6) is 7.26. The monoisotopic (exact) mass is 517 g/mol. The molecule has 2 saturated carbocycles. The number of ether oxygens (including phenoxy) is 1. The molecular weight excluding hydrogens is 474 g/mol. The lowest BCUT2D eigenvalue weighted by molar-refractivity contribution is -0.114. The van der Waals surface area contributed by atoms with Crippen LogP contribution in [0.25, 0.3) is 0 Å². The van der Waals surface area contributed by atoms with Crippen molar-refractivity contribution in [1.29, 1.82) is 0 Å². The van der Waals surface area contributed by atoms with E-state index in [4.69, 9.17) is 4.74 Å². The van der Waals surface area contributed by atoms with Gasteiger partial charge in [0.25, 0.3) is 0 Å². The fourth-order valence-corrected chi connectivity index (χ4v) is 7.74. The molecular formula is C33H43NO4. The van der Waals surface area contributed by atoms with E-state index in [9.17, 15) is 15.0 Å². The number of carbonyl (C=O) groups excluding carboxylic acids is 1. The molecule has 0 saturated heterocycles. The molecule has 38 heavy (non-hydrogen) atoms. The number of benzene rings is 1. The molecule has 2 fully saturated rings. The van der Waals surface area contributed by atoms with Gasteiger partial charge in [0.05, 0.1) is 6.61 Å². The molecule has 5 heteroatoms. The number of ketones is 1. The minimum Gasteiger partial charge on any atom is -0.383 e. The van der Waals surface area contributed by atoms with Crippen LogP contribution in [0.15, 0.2) is 47.1 Å². The molecule has 5 rings (SSSR count). The summed E-state index contributed by atoms with van der Waals surface area (Å²) in [6.07, 6.45) is 7.65. The molecule has 0 heterocycles. The molecule has 4 aliphatic carbocycles. The second-order valence-electron chi connectivity index (χ2n) is 12.7. The number of fused-ring (bicyclic) bond motifs is 4. The van der Waals surface area contributed by atoms with E-state index in [0.717, 1.165) is 44.3 Å². The van der Waals surface area contributed by atoms with Gasteiger partial charge in [-0.25, -0.2) is 0 Å². The lowest BCUT2D eigenvalue weighted by Crippen LogP contribution is -2.51. The fourth-order valence-electron chi connectivity index (χ4n) is 7.74. The summed E-state index contributed by atoms with van der Waals surface area (Å²) in [5, 5.41) is 22.4. The molecule has 0 spiro atoms. The van der Waals surface area contributed by atoms with Crippen molar-refractivity contribution in [2.75, 3.05) is 32.2 Å². The Morgan fingerprint density at radius 1 is 1.16 bits per heavy atom. The Balaban J connectivity index is 1.59. The van der Waals surface area contributed by atoms with Gasteiger partial charge in [0.2, 0.25) is 0 Å². The van der Waals surface area contributed by atoms with Crippen molar-refractivity contribution < 1.29 is 19.7 Å². The largest absolute Gasteiger partial charge is 0.383 e. The van der Waals surface area contributed by atoms with E-state index in [1.807, 2.05) is 6.08 Å². The highest BCUT2D eigenvalue weighted by molar-refractivity contribution is 5.93. The molecule has 0 bridgehead atoms. The normalized spacial score (nSPS) is 32.6. The molecule has 0 aromatic heterocycles. The number of aliphatic hydroxyl groups is 2. The number of methoxy groups -OCH3 is 1. The number of anilines is 1. The Morgan fingerprint density at radius 3 is 2.58 bits per heavy atom. The van der Waals surface area contributed by atoms with Gasteiger partial charge in [-0.1, -0.05) is 36.5 Å². The highest BCUT2D eigenvalue weighted by atomic mass is 16.5. The van der Waals surface area contributed by atoms with Crippen LogP contribution in [0, 0.1) is 29.1 Å². The molecule has 0 aliphatic heterocycles. The first-order valence-electron chi connectivity index (χ1n) is 14.2. The van der Waals surface area contributed by atoms with Gasteiger partial charge >= 0.3 is 0 Å². The molecule has 5 nitrogen and oxygen atoms in total. The standard InChI is InChI=1S/C33H43NO4/c1-31(2,36)16-17-33(37)15-14-29-27-12-8-23-20-25(35)11-13-26(23)30(27)28(21-32(29,33)3)22-6-9-24(10-7-22)34(4)18-19-38-5/h6-7,9-10,20,27-29,36-37H,8,11-15,18-19,21H2,1-5H3/t27-,28+,29-,32-,33+/m0/s1. The number of allylic oxidation sites excluding steroid dienone is 4. The zero-order valence-corrected chi connectivity index (χ0v) is 23.6. The third-order valence-corrected chi connectivity index (χ3v) is 9.83. The van der Waals surface area contributed by atoms with E-state index >= 15 is 0 Å². The molecule has 204 valence electrons. The van der Waals surface area contributed by atoms with Gasteiger partial charge in [0.1, 0.15) is 11.2 Å². The molecule has 0 radical (unpaired) electrons. The van der Waals surface area contributed by atoms with Gasteiger partial charge in [-0.05, 0) is 99.1 Å². The number of hydrogen-bond acceptors (Lipinski definition) is 5. The molecule has 0 amide bonds. The Bertz CT molecular complexity index is 1210. The molecule has 1 aromatic rings. The highest BCUT2D eigenvalue weighted by Gasteiger charge is 2.62. The summed E-state index contributed by atoms with van der Waals surface area (Å²) in [4.78, 5) is 14.5. The maximum Gasteiger partial charge on any atom is 0.156 e. The predicted octanol–water partition coefficient (Wildman–Crippen LogP) is 5.17. The zero-order chi connectivity index (χ0) is 27.3. The summed E-state index contributed by atoms with van der Waals surface area (Å²) >= 11 is 0. The van der Waals surface area contributed by atoms with Crippen LogP contribution < -0.4 is 4.90 Å². The van der Waals surface area contributed by atoms with Crippen LogP contribution >= 0.6 is 0 Å². The maximum atomic E-state index is 12.3. The van der Waals surface area contributed by atoms with E-state index in [2.05, 4.69) is 55.0 Å². The number of carbonyl (C=O) groups is 1. The van der Waals surface area contributed by atoms with E-state index in [0.29, 0.717) is 31.3 Å². The molecule has 1 aromatic carbocycles. The second-order valence-corrected chi connectivity index (χ2v) is 12.7. The first-order valence-corrected chi connectivity index (χ1v) is 14.2. The van der Waals surface area contributed by atoms with E-state index in [1.54, 1.807) is 21.0 Å². The van der Waals surface area contributed by atoms with Gasteiger partial charge in [-0.2, -0.15) is 0 Å². The Labute approximate surface area is 228 Å². The van der Waals surface area contributed by atoms with Crippen LogP contribution in [0.3, 0.4) is 0 Å². The summed E-state index contributed by atoms with van der Waals surface area (Å²) < 4.78 is 5.25. The molecule has 0 unspecified atom stereocenters. The molecule has 4 aliphatic rings. The highest BCUT2D eigenvalue weighted by Crippen LogP contribution is 2.66. The summed E-state index contributed by atoms with van der Waals surface area (Å²) in [6, 6.07) is 8.89. The average molecular weight is 518 g/mol. The lowest BCUT2D eigenvalue weighted by atomic mass is 9.51. The van der Waals surface area contributed by atoms with Gasteiger partial charge in [-0.3, -0.25) is 4.79 Å². The first-order chi connectivity index (χ1) is 18.0. The van der Waals surface area contributed by atoms with Crippen LogP contribution in [0.5, 0.6) is 0 Å². The minimum atomic E-state index is -1.14. The van der Waals surface area contributed by atoms with Crippen LogP contribution in [0.1, 0.15) is 77.2 Å². The van der Waals surface area contributed by atoms with Crippen molar-refractivity contribution in [3.63, 3.8) is 0 Å². The van der Waals surface area contributed by atoms with Gasteiger partial charge < -0.3 is 19.8 Å². The van der Waals surface area contributed by atoms with E-state index in [-0.39, 0.29) is 17.1 Å². The van der Waals surface area contributed by atoms with Crippen molar-refractivity contribution in [2.45, 2.75) is 82.8 Å². The zero-order valence-electron chi connectivity index (χ0n) is 23.6. The van der Waals surface area contributed by atoms with Crippen molar-refractivity contribution in [1.82, 2.24) is 0 Å². The van der Waals surface area contributed by atoms with E-state index < -0.39 is 11.2 Å². The molecule has 2 N–H and O–H groups in total. The van der Waals surface area contributed by atoms with Gasteiger partial charge in [-0.15, -0.1) is 0 Å². The van der Waals surface area contributed by atoms with E-state index in [1.165, 1.54) is 22.3 Å². The quantitative estimate of drug-likeness (QED) is 0.527. The number of likely N-dealkylation sites (N-methyl/N-ethyl adjacent to an activating group) is 1. The van der Waals surface area contributed by atoms with Crippen molar-refractivity contribution in [3.05, 3.63) is 52.6 Å². The third kappa shape index (κ3) is 4.76. The van der Waals surface area contributed by atoms with Crippen LogP contribution in [0.4, 0.5) is 5.69 Å². The topological polar surface area (TPSA) is 70.0 Å². The van der Waals surface area contributed by atoms with Crippen molar-refractivity contribution >= 4 is 11.5 Å². The van der Waals surface area contributed by atoms with Crippen LogP contribution in [-0.2, 0) is 9.53 Å². The average Bonchev–Trinajstić information content (AvgIpc) is 3.15. The summed E-state index contributed by atoms with van der Waals surface area (Å²) in [6.45, 7) is 7.09. The third-order valence-electron chi connectivity index (χ3n) is 9.83. The lowest BCUT2D eigenvalue weighted by Gasteiger charge is -2.53. The summed E-state index contributed by atoms with van der Waals surface area (Å²) in [7, 11) is 3.80. The fraction of sp³-hybridized carbons (Fsp3) is 0.606. The SMILES string of the molecule is COCCN(C)c1ccc([C@H]2C[C@@]3(C)[C@@H](CC[C@@]3(O)C#CC(C)(C)O)[C@@H]3CCC4=CC(=O)CCC4=C32)cc1. The van der Waals surface area contributed by atoms with Gasteiger partial charge in [0.15, 0.2) is 5.78 Å². The Kier molecular flexibility index (Phi) is 7.14. The summed E-state index contributed by atoms with van der Waals surface area (Å²) in [5.41, 5.74) is 3.92. The number of nitrogens with zero attached hydrogens (tertiary/aromatic N) is 1. The molecule has 5 atom stereocenters. The number of hydrogen-bond donors (Lipinski definition) is 2.